The van der Waals surface area contributed by atoms with E-state index in [1.807, 2.05) is 6.92 Å². The van der Waals surface area contributed by atoms with Crippen molar-refractivity contribution in [3.63, 3.8) is 0 Å². The topological polar surface area (TPSA) is 74.6 Å². The molecule has 0 aliphatic rings. The zero-order valence-corrected chi connectivity index (χ0v) is 12.5. The minimum atomic E-state index is -5.54. The summed E-state index contributed by atoms with van der Waals surface area (Å²) in [7, 11) is 0. The van der Waals surface area contributed by atoms with Gasteiger partial charge in [0.1, 0.15) is 0 Å². The molecule has 0 saturated heterocycles. The number of hydrogen-bond donors (Lipinski definition) is 2. The number of aliphatic carboxylic acids is 2. The van der Waals surface area contributed by atoms with E-state index in [0.717, 1.165) is 25.7 Å². The van der Waals surface area contributed by atoms with Gasteiger partial charge in [-0.3, -0.25) is 9.59 Å². The monoisotopic (exact) mass is 330 g/mol. The zero-order chi connectivity index (χ0) is 17.4. The van der Waals surface area contributed by atoms with Crippen LogP contribution in [0.1, 0.15) is 58.3 Å². The lowest BCUT2D eigenvalue weighted by Crippen LogP contribution is -2.53. The lowest BCUT2D eigenvalue weighted by molar-refractivity contribution is -0.253. The maximum atomic E-state index is 14.2. The van der Waals surface area contributed by atoms with Gasteiger partial charge >= 0.3 is 18.1 Å². The summed E-state index contributed by atoms with van der Waals surface area (Å²) < 4.78 is 52.8. The molecule has 0 amide bonds. The number of halogens is 4. The zero-order valence-electron chi connectivity index (χ0n) is 12.5. The van der Waals surface area contributed by atoms with Crippen molar-refractivity contribution in [2.24, 2.45) is 5.92 Å². The van der Waals surface area contributed by atoms with E-state index in [1.54, 1.807) is 0 Å². The standard InChI is InChI=1S/C14H22F4O4/c1-2-3-4-5-6-7-8-9-13(15,14(16,17)18)10(11(19)20)12(21)22/h10H,2-9H2,1H3,(H,19,20)(H,21,22). The van der Waals surface area contributed by atoms with Crippen LogP contribution in [0.4, 0.5) is 17.6 Å². The molecule has 22 heavy (non-hydrogen) atoms. The quantitative estimate of drug-likeness (QED) is 0.338. The Hall–Kier alpha value is -1.34. The molecule has 130 valence electrons. The van der Waals surface area contributed by atoms with Gasteiger partial charge in [-0.2, -0.15) is 13.2 Å². The fraction of sp³-hybridized carbons (Fsp3) is 0.857. The normalized spacial score (nSPS) is 14.8. The molecule has 8 heteroatoms. The van der Waals surface area contributed by atoms with Crippen molar-refractivity contribution in [2.75, 3.05) is 0 Å². The van der Waals surface area contributed by atoms with Crippen molar-refractivity contribution in [3.8, 4) is 0 Å². The molecule has 0 fully saturated rings. The van der Waals surface area contributed by atoms with E-state index in [2.05, 4.69) is 0 Å². The largest absolute Gasteiger partial charge is 0.481 e. The number of carbonyl (C=O) groups is 2. The average molecular weight is 330 g/mol. The number of unbranched alkanes of at least 4 members (excludes halogenated alkanes) is 6. The van der Waals surface area contributed by atoms with Crippen LogP contribution in [0.25, 0.3) is 0 Å². The van der Waals surface area contributed by atoms with Gasteiger partial charge in [-0.25, -0.2) is 4.39 Å². The van der Waals surface area contributed by atoms with Gasteiger partial charge in [-0.1, -0.05) is 45.4 Å². The van der Waals surface area contributed by atoms with Crippen LogP contribution < -0.4 is 0 Å². The van der Waals surface area contributed by atoms with Gasteiger partial charge in [0.25, 0.3) is 0 Å². The van der Waals surface area contributed by atoms with Gasteiger partial charge in [-0.15, -0.1) is 0 Å². The van der Waals surface area contributed by atoms with Gasteiger partial charge in [-0.05, 0) is 12.8 Å². The summed E-state index contributed by atoms with van der Waals surface area (Å²) in [4.78, 5) is 21.4. The molecule has 0 aromatic heterocycles. The first-order valence-corrected chi connectivity index (χ1v) is 7.29. The predicted molar refractivity (Wildman–Crippen MR) is 71.3 cm³/mol. The third-order valence-electron chi connectivity index (χ3n) is 3.57. The molecule has 1 atom stereocenters. The van der Waals surface area contributed by atoms with Crippen molar-refractivity contribution >= 4 is 11.9 Å². The Morgan fingerprint density at radius 2 is 1.27 bits per heavy atom. The minimum absolute atomic E-state index is 0.209. The van der Waals surface area contributed by atoms with Crippen LogP contribution in [0.2, 0.25) is 0 Å². The molecule has 0 spiro atoms. The van der Waals surface area contributed by atoms with Crippen LogP contribution >= 0.6 is 0 Å². The Kier molecular flexibility index (Phi) is 8.40. The van der Waals surface area contributed by atoms with Gasteiger partial charge in [0.2, 0.25) is 5.67 Å². The third kappa shape index (κ3) is 5.81. The molecule has 0 saturated carbocycles. The lowest BCUT2D eigenvalue weighted by Gasteiger charge is -2.30. The smallest absolute Gasteiger partial charge is 0.423 e. The Morgan fingerprint density at radius 1 is 0.864 bits per heavy atom. The van der Waals surface area contributed by atoms with E-state index in [1.165, 1.54) is 0 Å². The van der Waals surface area contributed by atoms with Gasteiger partial charge < -0.3 is 10.2 Å². The summed E-state index contributed by atoms with van der Waals surface area (Å²) in [5.41, 5.74) is -4.26. The first-order valence-electron chi connectivity index (χ1n) is 7.29. The second-order valence-corrected chi connectivity index (χ2v) is 5.34. The minimum Gasteiger partial charge on any atom is -0.481 e. The van der Waals surface area contributed by atoms with Crippen LogP contribution in [-0.4, -0.2) is 34.0 Å². The van der Waals surface area contributed by atoms with Crippen LogP contribution in [0.5, 0.6) is 0 Å². The Balaban J connectivity index is 4.72. The fourth-order valence-electron chi connectivity index (χ4n) is 2.29. The average Bonchev–Trinajstić information content (AvgIpc) is 2.35. The molecule has 1 unspecified atom stereocenters. The summed E-state index contributed by atoms with van der Waals surface area (Å²) >= 11 is 0. The first-order chi connectivity index (χ1) is 10.1. The highest BCUT2D eigenvalue weighted by atomic mass is 19.4. The van der Waals surface area contributed by atoms with Crippen molar-refractivity contribution in [1.29, 1.82) is 0 Å². The second kappa shape index (κ2) is 8.95. The van der Waals surface area contributed by atoms with Crippen LogP contribution in [0, 0.1) is 5.92 Å². The molecule has 0 aliphatic heterocycles. The molecule has 0 heterocycles. The summed E-state index contributed by atoms with van der Waals surface area (Å²) in [6.07, 6.45) is -2.24. The molecule has 0 radical (unpaired) electrons. The Labute approximate surface area is 126 Å². The molecule has 0 rings (SSSR count). The molecule has 0 aromatic carbocycles. The molecular weight excluding hydrogens is 308 g/mol. The maximum Gasteiger partial charge on any atom is 0.423 e. The lowest BCUT2D eigenvalue weighted by atomic mass is 9.83. The molecule has 0 aliphatic carbocycles. The molecule has 4 nitrogen and oxygen atoms in total. The summed E-state index contributed by atoms with van der Waals surface area (Å²) in [5, 5.41) is 17.2. The van der Waals surface area contributed by atoms with Crippen molar-refractivity contribution in [1.82, 2.24) is 0 Å². The number of carboxylic acids is 2. The number of carboxylic acid groups (broad SMARTS) is 2. The Bertz CT molecular complexity index is 356. The van der Waals surface area contributed by atoms with E-state index in [0.29, 0.717) is 12.8 Å². The third-order valence-corrected chi connectivity index (χ3v) is 3.57. The number of rotatable bonds is 11. The second-order valence-electron chi connectivity index (χ2n) is 5.34. The highest BCUT2D eigenvalue weighted by Crippen LogP contribution is 2.44. The number of alkyl halides is 4. The molecule has 2 N–H and O–H groups in total. The summed E-state index contributed by atoms with van der Waals surface area (Å²) in [6.45, 7) is 2.01. The van der Waals surface area contributed by atoms with Crippen LogP contribution in [0.3, 0.4) is 0 Å². The molecule has 0 bridgehead atoms. The van der Waals surface area contributed by atoms with Crippen LogP contribution in [-0.2, 0) is 9.59 Å². The van der Waals surface area contributed by atoms with Gasteiger partial charge in [0.05, 0.1) is 0 Å². The maximum absolute atomic E-state index is 14.2. The van der Waals surface area contributed by atoms with E-state index in [9.17, 15) is 27.2 Å². The van der Waals surface area contributed by atoms with E-state index >= 15 is 0 Å². The highest BCUT2D eigenvalue weighted by molar-refractivity contribution is 5.94. The highest BCUT2D eigenvalue weighted by Gasteiger charge is 2.65. The number of hydrogen-bond acceptors (Lipinski definition) is 2. The van der Waals surface area contributed by atoms with Gasteiger partial charge in [0, 0.05) is 0 Å². The SMILES string of the molecule is CCCCCCCCCC(F)(C(C(=O)O)C(=O)O)C(F)(F)F. The summed E-state index contributed by atoms with van der Waals surface area (Å²) in [5.74, 6) is -7.79. The van der Waals surface area contributed by atoms with Crippen molar-refractivity contribution < 1.29 is 37.4 Å². The summed E-state index contributed by atoms with van der Waals surface area (Å²) in [6, 6.07) is 0. The van der Waals surface area contributed by atoms with Gasteiger partial charge in [0.15, 0.2) is 5.92 Å². The molecule has 0 aromatic rings. The predicted octanol–water partition coefficient (Wildman–Crippen LogP) is 4.18. The van der Waals surface area contributed by atoms with Crippen LogP contribution in [0.15, 0.2) is 0 Å². The van der Waals surface area contributed by atoms with Crippen molar-refractivity contribution in [2.45, 2.75) is 70.1 Å². The van der Waals surface area contributed by atoms with E-state index in [4.69, 9.17) is 10.2 Å². The molecular formula is C14H22F4O4. The fourth-order valence-corrected chi connectivity index (χ4v) is 2.29. The van der Waals surface area contributed by atoms with Crippen molar-refractivity contribution in [3.05, 3.63) is 0 Å². The van der Waals surface area contributed by atoms with E-state index < -0.39 is 36.1 Å². The first kappa shape index (κ1) is 20.7. The Morgan fingerprint density at radius 3 is 1.64 bits per heavy atom. The van der Waals surface area contributed by atoms with E-state index in [-0.39, 0.29) is 6.42 Å².